The minimum atomic E-state index is 0.653. The molecule has 0 aliphatic rings. The molecule has 0 aliphatic carbocycles. The third kappa shape index (κ3) is 3.50. The largest absolute Gasteiger partial charge is 0.396 e. The normalized spacial score (nSPS) is 10.9. The highest BCUT2D eigenvalue weighted by molar-refractivity contribution is 7.98. The van der Waals surface area contributed by atoms with Gasteiger partial charge in [-0.15, -0.1) is 11.8 Å². The van der Waals surface area contributed by atoms with Crippen LogP contribution in [-0.2, 0) is 4.84 Å². The Labute approximate surface area is 81.7 Å². The molecule has 1 rings (SSSR count). The van der Waals surface area contributed by atoms with Gasteiger partial charge in [0.25, 0.3) is 0 Å². The van der Waals surface area contributed by atoms with Crippen LogP contribution in [0.5, 0.6) is 0 Å². The minimum absolute atomic E-state index is 0.653. The third-order valence-electron chi connectivity index (χ3n) is 1.35. The molecule has 0 saturated carbocycles. The summed E-state index contributed by atoms with van der Waals surface area (Å²) in [5, 5.41) is 11.6. The van der Waals surface area contributed by atoms with Crippen LogP contribution in [0.15, 0.2) is 16.2 Å². The van der Waals surface area contributed by atoms with Crippen molar-refractivity contribution >= 4 is 18.0 Å². The number of hydrogen-bond donors (Lipinski definition) is 1. The first-order chi connectivity index (χ1) is 6.36. The molecule has 0 amide bonds. The zero-order chi connectivity index (χ0) is 9.52. The van der Waals surface area contributed by atoms with Gasteiger partial charge < -0.3 is 4.84 Å². The second-order valence-electron chi connectivity index (χ2n) is 2.43. The second-order valence-corrected chi connectivity index (χ2v) is 3.26. The van der Waals surface area contributed by atoms with E-state index < -0.39 is 0 Å². The molecule has 0 spiro atoms. The van der Waals surface area contributed by atoms with Gasteiger partial charge in [-0.3, -0.25) is 5.10 Å². The predicted molar refractivity (Wildman–Crippen MR) is 54.2 cm³/mol. The zero-order valence-electron chi connectivity index (χ0n) is 7.78. The predicted octanol–water partition coefficient (Wildman–Crippen LogP) is 1.89. The fraction of sp³-hybridized carbons (Fsp3) is 0.500. The van der Waals surface area contributed by atoms with Crippen LogP contribution in [0.1, 0.15) is 19.0 Å². The number of rotatable bonds is 5. The summed E-state index contributed by atoms with van der Waals surface area (Å²) >= 11 is 1.59. The summed E-state index contributed by atoms with van der Waals surface area (Å²) in [5.74, 6) is 0. The molecule has 0 radical (unpaired) electrons. The van der Waals surface area contributed by atoms with E-state index in [0.29, 0.717) is 6.61 Å². The molecule has 0 fully saturated rings. The summed E-state index contributed by atoms with van der Waals surface area (Å²) in [4.78, 5) is 4.94. The van der Waals surface area contributed by atoms with Gasteiger partial charge in [-0.1, -0.05) is 12.1 Å². The fourth-order valence-electron chi connectivity index (χ4n) is 0.726. The van der Waals surface area contributed by atoms with Gasteiger partial charge in [0.1, 0.15) is 11.6 Å². The van der Waals surface area contributed by atoms with E-state index in [1.807, 2.05) is 19.2 Å². The monoisotopic (exact) mass is 199 g/mol. The maximum atomic E-state index is 4.94. The SMILES string of the molecule is CCCO/N=C/c1cc(SC)n[nH]1. The van der Waals surface area contributed by atoms with Crippen LogP contribution in [0.3, 0.4) is 0 Å². The number of H-pyrrole nitrogens is 1. The zero-order valence-corrected chi connectivity index (χ0v) is 8.60. The summed E-state index contributed by atoms with van der Waals surface area (Å²) in [5.41, 5.74) is 0.862. The summed E-state index contributed by atoms with van der Waals surface area (Å²) in [7, 11) is 0. The lowest BCUT2D eigenvalue weighted by atomic mass is 10.5. The Morgan fingerprint density at radius 2 is 2.62 bits per heavy atom. The highest BCUT2D eigenvalue weighted by atomic mass is 32.2. The topological polar surface area (TPSA) is 50.3 Å². The van der Waals surface area contributed by atoms with Crippen molar-refractivity contribution in [3.8, 4) is 0 Å². The molecular formula is C8H13N3OS. The van der Waals surface area contributed by atoms with E-state index in [2.05, 4.69) is 15.4 Å². The number of aromatic amines is 1. The molecule has 0 atom stereocenters. The maximum absolute atomic E-state index is 4.94. The molecule has 1 heterocycles. The molecule has 0 saturated heterocycles. The van der Waals surface area contributed by atoms with Crippen molar-refractivity contribution in [1.29, 1.82) is 0 Å². The average molecular weight is 199 g/mol. The number of oxime groups is 1. The van der Waals surface area contributed by atoms with Crippen molar-refractivity contribution in [3.05, 3.63) is 11.8 Å². The third-order valence-corrected chi connectivity index (χ3v) is 1.97. The van der Waals surface area contributed by atoms with Crippen LogP contribution in [0.4, 0.5) is 0 Å². The second kappa shape index (κ2) is 5.64. The van der Waals surface area contributed by atoms with E-state index in [1.54, 1.807) is 18.0 Å². The van der Waals surface area contributed by atoms with Crippen LogP contribution in [0, 0.1) is 0 Å². The van der Waals surface area contributed by atoms with Crippen molar-refractivity contribution in [2.75, 3.05) is 12.9 Å². The van der Waals surface area contributed by atoms with Crippen molar-refractivity contribution in [2.45, 2.75) is 18.4 Å². The van der Waals surface area contributed by atoms with E-state index in [9.17, 15) is 0 Å². The molecule has 0 aliphatic heterocycles. The Morgan fingerprint density at radius 1 is 1.77 bits per heavy atom. The molecule has 1 aromatic heterocycles. The minimum Gasteiger partial charge on any atom is -0.396 e. The molecule has 4 nitrogen and oxygen atoms in total. The lowest BCUT2D eigenvalue weighted by molar-refractivity contribution is 0.146. The number of thioether (sulfide) groups is 1. The van der Waals surface area contributed by atoms with Gasteiger partial charge in [-0.05, 0) is 18.7 Å². The maximum Gasteiger partial charge on any atom is 0.118 e. The summed E-state index contributed by atoms with van der Waals surface area (Å²) < 4.78 is 0. The molecule has 72 valence electrons. The molecule has 1 aromatic rings. The molecule has 0 aromatic carbocycles. The molecule has 1 N–H and O–H groups in total. The highest BCUT2D eigenvalue weighted by Gasteiger charge is 1.95. The molecular weight excluding hydrogens is 186 g/mol. The Balaban J connectivity index is 2.39. The van der Waals surface area contributed by atoms with Gasteiger partial charge in [0.05, 0.1) is 11.9 Å². The summed E-state index contributed by atoms with van der Waals surface area (Å²) in [6.45, 7) is 2.69. The van der Waals surface area contributed by atoms with Crippen molar-refractivity contribution in [2.24, 2.45) is 5.16 Å². The highest BCUT2D eigenvalue weighted by Crippen LogP contribution is 2.10. The number of hydrogen-bond acceptors (Lipinski definition) is 4. The fourth-order valence-corrected chi connectivity index (χ4v) is 1.11. The van der Waals surface area contributed by atoms with Crippen molar-refractivity contribution < 1.29 is 4.84 Å². The first-order valence-electron chi connectivity index (χ1n) is 4.11. The van der Waals surface area contributed by atoms with Crippen molar-refractivity contribution in [3.63, 3.8) is 0 Å². The van der Waals surface area contributed by atoms with Gasteiger partial charge in [-0.25, -0.2) is 0 Å². The molecule has 13 heavy (non-hydrogen) atoms. The van der Waals surface area contributed by atoms with E-state index >= 15 is 0 Å². The van der Waals surface area contributed by atoms with Crippen LogP contribution < -0.4 is 0 Å². The quantitative estimate of drug-likeness (QED) is 0.341. The number of nitrogens with one attached hydrogen (secondary N) is 1. The lowest BCUT2D eigenvalue weighted by Gasteiger charge is -1.91. The first kappa shape index (κ1) is 10.1. The van der Waals surface area contributed by atoms with Gasteiger partial charge in [0.2, 0.25) is 0 Å². The van der Waals surface area contributed by atoms with E-state index in [-0.39, 0.29) is 0 Å². The van der Waals surface area contributed by atoms with Gasteiger partial charge in [-0.2, -0.15) is 5.10 Å². The van der Waals surface area contributed by atoms with Gasteiger partial charge >= 0.3 is 0 Å². The molecule has 0 bridgehead atoms. The number of aromatic nitrogens is 2. The van der Waals surface area contributed by atoms with Crippen LogP contribution in [-0.4, -0.2) is 29.3 Å². The Morgan fingerprint density at radius 3 is 3.23 bits per heavy atom. The summed E-state index contributed by atoms with van der Waals surface area (Å²) in [6, 6.07) is 1.92. The Kier molecular flexibility index (Phi) is 4.39. The average Bonchev–Trinajstić information content (AvgIpc) is 2.60. The van der Waals surface area contributed by atoms with Crippen LogP contribution >= 0.6 is 11.8 Å². The van der Waals surface area contributed by atoms with Crippen molar-refractivity contribution in [1.82, 2.24) is 10.2 Å². The van der Waals surface area contributed by atoms with E-state index in [0.717, 1.165) is 17.1 Å². The van der Waals surface area contributed by atoms with E-state index in [4.69, 9.17) is 4.84 Å². The summed E-state index contributed by atoms with van der Waals surface area (Å²) in [6.07, 6.45) is 4.57. The Bertz CT molecular complexity index is 272. The number of nitrogens with zero attached hydrogens (tertiary/aromatic N) is 2. The molecule has 0 unspecified atom stereocenters. The van der Waals surface area contributed by atoms with Crippen LogP contribution in [0.2, 0.25) is 0 Å². The van der Waals surface area contributed by atoms with Crippen LogP contribution in [0.25, 0.3) is 0 Å². The smallest absolute Gasteiger partial charge is 0.118 e. The van der Waals surface area contributed by atoms with Gasteiger partial charge in [0.15, 0.2) is 0 Å². The first-order valence-corrected chi connectivity index (χ1v) is 5.34. The standard InChI is InChI=1S/C8H13N3OS/c1-3-4-12-9-6-7-5-8(13-2)11-10-7/h5-6H,3-4H2,1-2H3,(H,10,11)/b9-6+. The lowest BCUT2D eigenvalue weighted by Crippen LogP contribution is -1.86. The van der Waals surface area contributed by atoms with E-state index in [1.165, 1.54) is 0 Å². The molecule has 5 heteroatoms. The Hall–Kier alpha value is -0.970. The van der Waals surface area contributed by atoms with Gasteiger partial charge in [0, 0.05) is 0 Å².